The van der Waals surface area contributed by atoms with Gasteiger partial charge in [0.15, 0.2) is 0 Å². The van der Waals surface area contributed by atoms with E-state index in [-0.39, 0.29) is 36.3 Å². The fraction of sp³-hybridized carbons (Fsp3) is 0.312. The number of nitrogens with two attached hydrogens (primary N) is 1. The highest BCUT2D eigenvalue weighted by Crippen LogP contribution is 2.19. The van der Waals surface area contributed by atoms with Gasteiger partial charge in [0.1, 0.15) is 6.33 Å². The molecule has 8 nitrogen and oxygen atoms in total. The van der Waals surface area contributed by atoms with E-state index >= 15 is 0 Å². The van der Waals surface area contributed by atoms with Gasteiger partial charge in [-0.1, -0.05) is 19.9 Å². The standard InChI is InChI=1S/C16H21N5O3S.ClH/c1-11(2)15-14(9-18-10-19-15)16(22)21-12-4-3-5-13(8-12)25(23,24)20-7-6-17;/h3-5,8-11,20H,6-7,17H2,1-2H3,(H,21,22);1H. The monoisotopic (exact) mass is 399 g/mol. The summed E-state index contributed by atoms with van der Waals surface area (Å²) in [4.78, 5) is 20.6. The zero-order chi connectivity index (χ0) is 18.4. The summed E-state index contributed by atoms with van der Waals surface area (Å²) in [5.74, 6) is -0.343. The third-order valence-electron chi connectivity index (χ3n) is 3.37. The Morgan fingerprint density at radius 2 is 2.04 bits per heavy atom. The molecule has 1 amide bonds. The summed E-state index contributed by atoms with van der Waals surface area (Å²) in [6.07, 6.45) is 2.84. The van der Waals surface area contributed by atoms with Crippen molar-refractivity contribution in [2.45, 2.75) is 24.7 Å². The van der Waals surface area contributed by atoms with Crippen LogP contribution in [0.4, 0.5) is 5.69 Å². The van der Waals surface area contributed by atoms with Crippen LogP contribution in [0.5, 0.6) is 0 Å². The summed E-state index contributed by atoms with van der Waals surface area (Å²) < 4.78 is 26.7. The number of benzene rings is 1. The summed E-state index contributed by atoms with van der Waals surface area (Å²) in [5, 5.41) is 2.69. The Bertz CT molecular complexity index is 858. The van der Waals surface area contributed by atoms with Gasteiger partial charge in [-0.3, -0.25) is 4.79 Å². The molecule has 0 bridgehead atoms. The lowest BCUT2D eigenvalue weighted by molar-refractivity contribution is 0.102. The van der Waals surface area contributed by atoms with E-state index in [9.17, 15) is 13.2 Å². The predicted molar refractivity (Wildman–Crippen MR) is 102 cm³/mol. The first-order chi connectivity index (χ1) is 11.8. The van der Waals surface area contributed by atoms with Gasteiger partial charge in [-0.25, -0.2) is 23.1 Å². The van der Waals surface area contributed by atoms with E-state index in [4.69, 9.17) is 5.73 Å². The van der Waals surface area contributed by atoms with Gasteiger partial charge in [-0.15, -0.1) is 12.4 Å². The molecular formula is C16H22ClN5O3S. The molecule has 0 saturated heterocycles. The highest BCUT2D eigenvalue weighted by Gasteiger charge is 2.17. The number of rotatable bonds is 7. The maximum absolute atomic E-state index is 12.5. The molecule has 0 aliphatic heterocycles. The van der Waals surface area contributed by atoms with Crippen molar-refractivity contribution in [1.29, 1.82) is 0 Å². The van der Waals surface area contributed by atoms with Crippen LogP contribution in [0.25, 0.3) is 0 Å². The minimum Gasteiger partial charge on any atom is -0.329 e. The molecule has 142 valence electrons. The molecule has 2 rings (SSSR count). The highest BCUT2D eigenvalue weighted by molar-refractivity contribution is 7.89. The van der Waals surface area contributed by atoms with Crippen LogP contribution in [0.15, 0.2) is 41.7 Å². The Balaban J connectivity index is 0.00000338. The van der Waals surface area contributed by atoms with Crippen molar-refractivity contribution in [1.82, 2.24) is 14.7 Å². The van der Waals surface area contributed by atoms with Crippen molar-refractivity contribution in [2.24, 2.45) is 5.73 Å². The van der Waals surface area contributed by atoms with Crippen molar-refractivity contribution in [3.05, 3.63) is 48.0 Å². The number of nitrogens with one attached hydrogen (secondary N) is 2. The van der Waals surface area contributed by atoms with Crippen LogP contribution in [-0.2, 0) is 10.0 Å². The lowest BCUT2D eigenvalue weighted by Gasteiger charge is -2.12. The summed E-state index contributed by atoms with van der Waals surface area (Å²) in [5.41, 5.74) is 6.66. The molecule has 2 aromatic rings. The first kappa shape index (κ1) is 22.0. The van der Waals surface area contributed by atoms with Crippen LogP contribution in [0.1, 0.15) is 35.8 Å². The molecule has 0 unspecified atom stereocenters. The molecule has 0 atom stereocenters. The Morgan fingerprint density at radius 3 is 2.69 bits per heavy atom. The fourth-order valence-corrected chi connectivity index (χ4v) is 3.28. The van der Waals surface area contributed by atoms with E-state index in [0.717, 1.165) is 0 Å². The SMILES string of the molecule is CC(C)c1ncncc1C(=O)Nc1cccc(S(=O)(=O)NCCN)c1.Cl. The highest BCUT2D eigenvalue weighted by atomic mass is 35.5. The molecule has 26 heavy (non-hydrogen) atoms. The van der Waals surface area contributed by atoms with Crippen molar-refractivity contribution in [3.8, 4) is 0 Å². The van der Waals surface area contributed by atoms with E-state index in [2.05, 4.69) is 20.0 Å². The number of carbonyl (C=O) groups excluding carboxylic acids is 1. The van der Waals surface area contributed by atoms with Gasteiger partial charge >= 0.3 is 0 Å². The summed E-state index contributed by atoms with van der Waals surface area (Å²) in [6.45, 7) is 4.19. The molecule has 10 heteroatoms. The number of aromatic nitrogens is 2. The van der Waals surface area contributed by atoms with Crippen molar-refractivity contribution in [2.75, 3.05) is 18.4 Å². The van der Waals surface area contributed by atoms with E-state index in [1.165, 1.54) is 24.7 Å². The van der Waals surface area contributed by atoms with Crippen LogP contribution in [0, 0.1) is 0 Å². The average molecular weight is 400 g/mol. The average Bonchev–Trinajstić information content (AvgIpc) is 2.60. The van der Waals surface area contributed by atoms with Gasteiger partial charge in [0.2, 0.25) is 10.0 Å². The number of hydrogen-bond donors (Lipinski definition) is 3. The molecule has 0 saturated carbocycles. The van der Waals surface area contributed by atoms with Crippen molar-refractivity contribution < 1.29 is 13.2 Å². The van der Waals surface area contributed by atoms with Gasteiger partial charge in [-0.2, -0.15) is 0 Å². The lowest BCUT2D eigenvalue weighted by Crippen LogP contribution is -2.29. The number of amides is 1. The quantitative estimate of drug-likeness (QED) is 0.647. The molecule has 1 heterocycles. The molecule has 0 fully saturated rings. The van der Waals surface area contributed by atoms with E-state index in [1.54, 1.807) is 12.1 Å². The molecule has 0 aliphatic rings. The lowest BCUT2D eigenvalue weighted by atomic mass is 10.0. The smallest absolute Gasteiger partial charge is 0.259 e. The summed E-state index contributed by atoms with van der Waals surface area (Å²) in [7, 11) is -3.67. The molecular weight excluding hydrogens is 378 g/mol. The maximum atomic E-state index is 12.5. The largest absolute Gasteiger partial charge is 0.329 e. The second-order valence-electron chi connectivity index (χ2n) is 5.64. The zero-order valence-electron chi connectivity index (χ0n) is 14.5. The van der Waals surface area contributed by atoms with Gasteiger partial charge in [0.25, 0.3) is 5.91 Å². The van der Waals surface area contributed by atoms with Crippen LogP contribution in [-0.4, -0.2) is 37.4 Å². The van der Waals surface area contributed by atoms with Crippen LogP contribution in [0.3, 0.4) is 0 Å². The maximum Gasteiger partial charge on any atom is 0.259 e. The normalized spacial score (nSPS) is 11.1. The predicted octanol–water partition coefficient (Wildman–Crippen LogP) is 1.51. The number of sulfonamides is 1. The summed E-state index contributed by atoms with van der Waals surface area (Å²) in [6, 6.07) is 5.99. The number of nitrogens with zero attached hydrogens (tertiary/aromatic N) is 2. The topological polar surface area (TPSA) is 127 Å². The molecule has 0 aliphatic carbocycles. The second kappa shape index (κ2) is 9.58. The van der Waals surface area contributed by atoms with Crippen LogP contribution >= 0.6 is 12.4 Å². The molecule has 1 aromatic carbocycles. The van der Waals surface area contributed by atoms with Gasteiger partial charge in [0, 0.05) is 25.0 Å². The van der Waals surface area contributed by atoms with Crippen LogP contribution in [0.2, 0.25) is 0 Å². The molecule has 0 spiro atoms. The Kier molecular flexibility index (Phi) is 8.09. The van der Waals surface area contributed by atoms with Gasteiger partial charge < -0.3 is 11.1 Å². The number of carbonyl (C=O) groups is 1. The number of halogens is 1. The van der Waals surface area contributed by atoms with E-state index in [1.807, 2.05) is 13.8 Å². The third-order valence-corrected chi connectivity index (χ3v) is 4.83. The van der Waals surface area contributed by atoms with Crippen LogP contribution < -0.4 is 15.8 Å². The van der Waals surface area contributed by atoms with E-state index < -0.39 is 15.9 Å². The van der Waals surface area contributed by atoms with Gasteiger partial charge in [0.05, 0.1) is 16.2 Å². The molecule has 4 N–H and O–H groups in total. The Hall–Kier alpha value is -2.07. The van der Waals surface area contributed by atoms with E-state index in [0.29, 0.717) is 16.9 Å². The fourth-order valence-electron chi connectivity index (χ4n) is 2.19. The summed E-state index contributed by atoms with van der Waals surface area (Å²) >= 11 is 0. The number of anilines is 1. The first-order valence-electron chi connectivity index (χ1n) is 7.76. The zero-order valence-corrected chi connectivity index (χ0v) is 16.1. The van der Waals surface area contributed by atoms with Crippen molar-refractivity contribution in [3.63, 3.8) is 0 Å². The molecule has 0 radical (unpaired) electrons. The Morgan fingerprint density at radius 1 is 1.31 bits per heavy atom. The minimum absolute atomic E-state index is 0. The third kappa shape index (κ3) is 5.46. The van der Waals surface area contributed by atoms with Gasteiger partial charge in [-0.05, 0) is 24.1 Å². The Labute approximate surface area is 159 Å². The minimum atomic E-state index is -3.67. The first-order valence-corrected chi connectivity index (χ1v) is 9.24. The van der Waals surface area contributed by atoms with Crippen molar-refractivity contribution >= 4 is 34.0 Å². The second-order valence-corrected chi connectivity index (χ2v) is 7.41. The number of hydrogen-bond acceptors (Lipinski definition) is 6. The molecule has 1 aromatic heterocycles.